The molecule has 0 amide bonds. The molecular weight excluding hydrogens is 560 g/mol. The van der Waals surface area contributed by atoms with Crippen LogP contribution in [-0.2, 0) is 0 Å². The first-order valence-corrected chi connectivity index (χ1v) is 9.22. The molecule has 0 spiro atoms. The smallest absolute Gasteiger partial charge is 0.133 e. The molecule has 1 heterocycles. The molecule has 0 fully saturated rings. The van der Waals surface area contributed by atoms with Gasteiger partial charge in [0, 0.05) is 17.6 Å². The third-order valence-corrected chi connectivity index (χ3v) is 4.68. The van der Waals surface area contributed by atoms with Gasteiger partial charge in [0.15, 0.2) is 0 Å². The number of hydrogen-bond donors (Lipinski definition) is 0. The van der Waals surface area contributed by atoms with E-state index < -0.39 is 0 Å². The van der Waals surface area contributed by atoms with Gasteiger partial charge in [-0.3, -0.25) is 0 Å². The number of para-hydroxylation sites is 2. The maximum Gasteiger partial charge on any atom is 0.133 e. The quantitative estimate of drug-likeness (QED) is 0.286. The van der Waals surface area contributed by atoms with Crippen molar-refractivity contribution in [2.75, 3.05) is 31.1 Å². The zero-order chi connectivity index (χ0) is 17.5. The van der Waals surface area contributed by atoms with Gasteiger partial charge in [0.1, 0.15) is 5.82 Å². The van der Waals surface area contributed by atoms with Crippen LogP contribution in [0.3, 0.4) is 0 Å². The molecule has 2 aromatic carbocycles. The molecule has 3 nitrogen and oxygen atoms in total. The van der Waals surface area contributed by atoms with Crippen LogP contribution in [0.25, 0.3) is 10.9 Å². The van der Waals surface area contributed by atoms with Crippen molar-refractivity contribution in [1.29, 1.82) is 0 Å². The molecule has 0 aliphatic heterocycles. The summed E-state index contributed by atoms with van der Waals surface area (Å²) in [6, 6.07) is 23.2. The Hall–Kier alpha value is -0.930. The third-order valence-electron chi connectivity index (χ3n) is 4.68. The molecule has 146 valence electrons. The summed E-state index contributed by atoms with van der Waals surface area (Å²) in [7, 11) is 0. The van der Waals surface area contributed by atoms with Gasteiger partial charge in [0.05, 0.1) is 5.52 Å². The number of rotatable bonds is 8. The second-order valence-electron chi connectivity index (χ2n) is 6.23. The fourth-order valence-electron chi connectivity index (χ4n) is 3.18. The van der Waals surface area contributed by atoms with Crippen LogP contribution in [-0.4, -0.2) is 36.1 Å². The minimum Gasteiger partial charge on any atom is -0.326 e. The molecule has 0 bridgehead atoms. The number of fused-ring (bicyclic) bond motifs is 1. The lowest BCUT2D eigenvalue weighted by Crippen LogP contribution is -2.28. The van der Waals surface area contributed by atoms with E-state index in [1.165, 1.54) is 11.1 Å². The van der Waals surface area contributed by atoms with E-state index in [1.807, 2.05) is 6.07 Å². The van der Waals surface area contributed by atoms with Crippen molar-refractivity contribution >= 4 is 70.4 Å². The molecule has 0 radical (unpaired) electrons. The molecule has 0 saturated heterocycles. The molecule has 1 aromatic heterocycles. The Bertz CT molecular complexity index is 792. The van der Waals surface area contributed by atoms with Gasteiger partial charge in [-0.2, -0.15) is 0 Å². The van der Waals surface area contributed by atoms with Gasteiger partial charge in [-0.15, -0.1) is 48.0 Å². The van der Waals surface area contributed by atoms with E-state index >= 15 is 0 Å². The van der Waals surface area contributed by atoms with E-state index in [0.29, 0.717) is 0 Å². The van der Waals surface area contributed by atoms with Crippen LogP contribution in [0.2, 0.25) is 0 Å². The number of halogens is 2. The van der Waals surface area contributed by atoms with E-state index in [2.05, 4.69) is 84.3 Å². The number of nitrogens with zero attached hydrogens (tertiary/aromatic N) is 3. The first-order chi connectivity index (χ1) is 12.3. The Morgan fingerprint density at radius 3 is 2.11 bits per heavy atom. The average molecular weight is 589 g/mol. The summed E-state index contributed by atoms with van der Waals surface area (Å²) in [5.74, 6) is 1.02. The molecule has 3 aromatic rings. The van der Waals surface area contributed by atoms with E-state index in [4.69, 9.17) is 4.98 Å². The number of pyridine rings is 1. The fraction of sp³-hybridized carbons (Fsp3) is 0.318. The van der Waals surface area contributed by atoms with Crippen LogP contribution in [0.15, 0.2) is 66.7 Å². The zero-order valence-electron chi connectivity index (χ0n) is 16.0. The van der Waals surface area contributed by atoms with E-state index in [-0.39, 0.29) is 48.0 Å². The van der Waals surface area contributed by atoms with Crippen LogP contribution in [0, 0.1) is 0 Å². The molecule has 0 unspecified atom stereocenters. The molecule has 27 heavy (non-hydrogen) atoms. The predicted molar refractivity (Wildman–Crippen MR) is 138 cm³/mol. The third kappa shape index (κ3) is 6.57. The Balaban J connectivity index is 0.00000182. The van der Waals surface area contributed by atoms with Crippen LogP contribution < -0.4 is 4.90 Å². The molecule has 5 heteroatoms. The van der Waals surface area contributed by atoms with Crippen molar-refractivity contribution in [3.8, 4) is 0 Å². The largest absolute Gasteiger partial charge is 0.326 e. The second kappa shape index (κ2) is 12.5. The van der Waals surface area contributed by atoms with Crippen LogP contribution >= 0.6 is 48.0 Å². The van der Waals surface area contributed by atoms with Crippen molar-refractivity contribution in [2.45, 2.75) is 20.3 Å². The molecule has 3 rings (SSSR count). The van der Waals surface area contributed by atoms with Gasteiger partial charge in [-0.1, -0.05) is 50.2 Å². The van der Waals surface area contributed by atoms with Gasteiger partial charge < -0.3 is 9.80 Å². The fourth-order valence-corrected chi connectivity index (χ4v) is 3.18. The summed E-state index contributed by atoms with van der Waals surface area (Å²) >= 11 is 0. The van der Waals surface area contributed by atoms with Crippen molar-refractivity contribution in [2.24, 2.45) is 0 Å². The molecule has 0 saturated carbocycles. The lowest BCUT2D eigenvalue weighted by atomic mass is 10.2. The minimum atomic E-state index is 0. The SMILES string of the molecule is CCN(CC)CCCN(c1ccccc1)c1ccc2ccccc2n1.I.I. The van der Waals surface area contributed by atoms with Gasteiger partial charge in [0.25, 0.3) is 0 Å². The van der Waals surface area contributed by atoms with Crippen molar-refractivity contribution < 1.29 is 0 Å². The normalized spacial score (nSPS) is 10.3. The molecule has 0 aliphatic carbocycles. The molecule has 0 atom stereocenters. The number of hydrogen-bond acceptors (Lipinski definition) is 3. The first kappa shape index (κ1) is 24.1. The average Bonchev–Trinajstić information content (AvgIpc) is 2.68. The van der Waals surface area contributed by atoms with Crippen LogP contribution in [0.5, 0.6) is 0 Å². The zero-order valence-corrected chi connectivity index (χ0v) is 20.7. The predicted octanol–water partition coefficient (Wildman–Crippen LogP) is 6.34. The number of aromatic nitrogens is 1. The highest BCUT2D eigenvalue weighted by molar-refractivity contribution is 14.0. The Morgan fingerprint density at radius 1 is 0.741 bits per heavy atom. The highest BCUT2D eigenvalue weighted by Crippen LogP contribution is 2.25. The summed E-state index contributed by atoms with van der Waals surface area (Å²) in [5, 5.41) is 1.18. The Morgan fingerprint density at radius 2 is 1.41 bits per heavy atom. The highest BCUT2D eigenvalue weighted by Gasteiger charge is 2.11. The maximum atomic E-state index is 4.90. The summed E-state index contributed by atoms with van der Waals surface area (Å²) in [6.45, 7) is 8.74. The van der Waals surface area contributed by atoms with Gasteiger partial charge >= 0.3 is 0 Å². The molecule has 0 aliphatic rings. The summed E-state index contributed by atoms with van der Waals surface area (Å²) < 4.78 is 0. The number of anilines is 2. The Kier molecular flexibility index (Phi) is 11.2. The van der Waals surface area contributed by atoms with Crippen molar-refractivity contribution in [3.05, 3.63) is 66.7 Å². The van der Waals surface area contributed by atoms with E-state index in [1.54, 1.807) is 0 Å². The van der Waals surface area contributed by atoms with E-state index in [0.717, 1.165) is 43.9 Å². The summed E-state index contributed by atoms with van der Waals surface area (Å²) in [5.41, 5.74) is 2.24. The summed E-state index contributed by atoms with van der Waals surface area (Å²) in [4.78, 5) is 9.70. The van der Waals surface area contributed by atoms with Gasteiger partial charge in [-0.05, 0) is 56.4 Å². The molecule has 0 N–H and O–H groups in total. The van der Waals surface area contributed by atoms with Gasteiger partial charge in [-0.25, -0.2) is 4.98 Å². The van der Waals surface area contributed by atoms with Crippen molar-refractivity contribution in [3.63, 3.8) is 0 Å². The Labute approximate surface area is 197 Å². The lowest BCUT2D eigenvalue weighted by Gasteiger charge is -2.26. The monoisotopic (exact) mass is 589 g/mol. The lowest BCUT2D eigenvalue weighted by molar-refractivity contribution is 0.301. The minimum absolute atomic E-state index is 0. The first-order valence-electron chi connectivity index (χ1n) is 9.22. The topological polar surface area (TPSA) is 19.4 Å². The highest BCUT2D eigenvalue weighted by atomic mass is 127. The van der Waals surface area contributed by atoms with Crippen molar-refractivity contribution in [1.82, 2.24) is 9.88 Å². The van der Waals surface area contributed by atoms with E-state index in [9.17, 15) is 0 Å². The van der Waals surface area contributed by atoms with Gasteiger partial charge in [0.2, 0.25) is 0 Å². The maximum absolute atomic E-state index is 4.90. The molecular formula is C22H29I2N3. The van der Waals surface area contributed by atoms with Crippen LogP contribution in [0.4, 0.5) is 11.5 Å². The number of benzene rings is 2. The second-order valence-corrected chi connectivity index (χ2v) is 6.23. The summed E-state index contributed by atoms with van der Waals surface area (Å²) in [6.07, 6.45) is 1.12. The van der Waals surface area contributed by atoms with Crippen LogP contribution in [0.1, 0.15) is 20.3 Å². The standard InChI is InChI=1S/C22H27N3.2HI/c1-3-24(4-2)17-10-18-25(20-12-6-5-7-13-20)22-16-15-19-11-8-9-14-21(19)23-22;;/h5-9,11-16H,3-4,10,17-18H2,1-2H3;2*1H.